The zero-order valence-corrected chi connectivity index (χ0v) is 13.3. The molecule has 0 saturated heterocycles. The highest BCUT2D eigenvalue weighted by atomic mass is 19.1. The molecule has 1 N–H and O–H groups in total. The van der Waals surface area contributed by atoms with Crippen LogP contribution in [0.4, 0.5) is 4.39 Å². The van der Waals surface area contributed by atoms with Gasteiger partial charge in [0.05, 0.1) is 5.56 Å². The molecule has 5 heteroatoms. The molecule has 0 aliphatic heterocycles. The smallest absolute Gasteiger partial charge is 0.261 e. The van der Waals surface area contributed by atoms with E-state index in [0.717, 1.165) is 18.3 Å². The molecule has 23 heavy (non-hydrogen) atoms. The minimum atomic E-state index is -0.740. The van der Waals surface area contributed by atoms with Gasteiger partial charge in [0.1, 0.15) is 5.82 Å². The van der Waals surface area contributed by atoms with Crippen molar-refractivity contribution in [3.8, 4) is 16.9 Å². The third-order valence-corrected chi connectivity index (χ3v) is 4.72. The number of phenols is 1. The Balaban J connectivity index is 1.90. The predicted molar refractivity (Wildman–Crippen MR) is 86.8 cm³/mol. The summed E-state index contributed by atoms with van der Waals surface area (Å²) in [5, 5.41) is 9.27. The van der Waals surface area contributed by atoms with E-state index in [2.05, 4.69) is 4.98 Å². The standard InChI is InChI=1S/C18H21FN2O2/c1-21-17(9-12-5-3-2-4-6-12)20-11-14(18(21)23)13-7-8-16(22)15(19)10-13/h7-8,10-12,22H,2-6,9H2,1H3. The summed E-state index contributed by atoms with van der Waals surface area (Å²) in [6.07, 6.45) is 8.53. The van der Waals surface area contributed by atoms with Gasteiger partial charge in [0.2, 0.25) is 0 Å². The Morgan fingerprint density at radius 3 is 2.74 bits per heavy atom. The zero-order chi connectivity index (χ0) is 16.4. The lowest BCUT2D eigenvalue weighted by Crippen LogP contribution is -2.25. The molecule has 0 spiro atoms. The topological polar surface area (TPSA) is 55.1 Å². The van der Waals surface area contributed by atoms with Crippen LogP contribution in [-0.2, 0) is 13.5 Å². The van der Waals surface area contributed by atoms with Crippen molar-refractivity contribution in [2.24, 2.45) is 13.0 Å². The number of aromatic nitrogens is 2. The lowest BCUT2D eigenvalue weighted by Gasteiger charge is -2.22. The van der Waals surface area contributed by atoms with Gasteiger partial charge in [-0.05, 0) is 23.6 Å². The predicted octanol–water partition coefficient (Wildman–Crippen LogP) is 3.41. The number of halogens is 1. The Hall–Kier alpha value is -2.17. The van der Waals surface area contributed by atoms with Gasteiger partial charge in [-0.2, -0.15) is 0 Å². The average Bonchev–Trinajstić information content (AvgIpc) is 2.56. The van der Waals surface area contributed by atoms with Crippen molar-refractivity contribution < 1.29 is 9.50 Å². The molecule has 3 rings (SSSR count). The van der Waals surface area contributed by atoms with Crippen LogP contribution >= 0.6 is 0 Å². The van der Waals surface area contributed by atoms with Gasteiger partial charge in [-0.25, -0.2) is 9.37 Å². The Morgan fingerprint density at radius 2 is 2.04 bits per heavy atom. The van der Waals surface area contributed by atoms with Crippen molar-refractivity contribution in [1.29, 1.82) is 0 Å². The van der Waals surface area contributed by atoms with Gasteiger partial charge in [-0.3, -0.25) is 9.36 Å². The Bertz CT molecular complexity index is 764. The Labute approximate surface area is 134 Å². The molecule has 1 aliphatic carbocycles. The molecular formula is C18H21FN2O2. The van der Waals surface area contributed by atoms with Crippen LogP contribution in [0.5, 0.6) is 5.75 Å². The second-order valence-electron chi connectivity index (χ2n) is 6.33. The van der Waals surface area contributed by atoms with Crippen molar-refractivity contribution in [3.63, 3.8) is 0 Å². The molecular weight excluding hydrogens is 295 g/mol. The summed E-state index contributed by atoms with van der Waals surface area (Å²) in [5.41, 5.74) is 0.590. The molecule has 0 amide bonds. The summed E-state index contributed by atoms with van der Waals surface area (Å²) < 4.78 is 15.1. The molecule has 0 unspecified atom stereocenters. The number of aromatic hydroxyl groups is 1. The number of hydrogen-bond acceptors (Lipinski definition) is 3. The largest absolute Gasteiger partial charge is 0.505 e. The molecule has 2 aromatic rings. The van der Waals surface area contributed by atoms with Crippen LogP contribution in [0.25, 0.3) is 11.1 Å². The number of rotatable bonds is 3. The van der Waals surface area contributed by atoms with Crippen molar-refractivity contribution in [1.82, 2.24) is 9.55 Å². The monoisotopic (exact) mass is 316 g/mol. The van der Waals surface area contributed by atoms with Crippen molar-refractivity contribution in [3.05, 3.63) is 46.4 Å². The second kappa shape index (κ2) is 6.52. The molecule has 1 aliphatic rings. The Kier molecular flexibility index (Phi) is 4.46. The van der Waals surface area contributed by atoms with Crippen LogP contribution in [0.15, 0.2) is 29.2 Å². The fraction of sp³-hybridized carbons (Fsp3) is 0.444. The summed E-state index contributed by atoms with van der Waals surface area (Å²) in [6.45, 7) is 0. The Morgan fingerprint density at radius 1 is 1.30 bits per heavy atom. The van der Waals surface area contributed by atoms with Gasteiger partial charge in [0, 0.05) is 19.7 Å². The number of nitrogens with zero attached hydrogens (tertiary/aromatic N) is 2. The number of benzene rings is 1. The lowest BCUT2D eigenvalue weighted by atomic mass is 9.87. The normalized spacial score (nSPS) is 15.7. The number of phenolic OH excluding ortho intramolecular Hbond substituents is 1. The summed E-state index contributed by atoms with van der Waals surface area (Å²) in [5.74, 6) is 0.215. The summed E-state index contributed by atoms with van der Waals surface area (Å²) in [7, 11) is 1.72. The van der Waals surface area contributed by atoms with Crippen LogP contribution in [0.1, 0.15) is 37.9 Å². The minimum Gasteiger partial charge on any atom is -0.505 e. The molecule has 1 fully saturated rings. The first-order valence-corrected chi connectivity index (χ1v) is 8.10. The average molecular weight is 316 g/mol. The van der Waals surface area contributed by atoms with Crippen molar-refractivity contribution in [2.45, 2.75) is 38.5 Å². The highest BCUT2D eigenvalue weighted by Crippen LogP contribution is 2.26. The van der Waals surface area contributed by atoms with Crippen LogP contribution in [0.3, 0.4) is 0 Å². The van der Waals surface area contributed by atoms with Gasteiger partial charge in [0.25, 0.3) is 5.56 Å². The molecule has 0 bridgehead atoms. The summed E-state index contributed by atoms with van der Waals surface area (Å²) in [6, 6.07) is 3.94. The van der Waals surface area contributed by atoms with Crippen LogP contribution < -0.4 is 5.56 Å². The van der Waals surface area contributed by atoms with Gasteiger partial charge in [-0.1, -0.05) is 38.2 Å². The van der Waals surface area contributed by atoms with E-state index in [9.17, 15) is 14.3 Å². The third kappa shape index (κ3) is 3.28. The maximum absolute atomic E-state index is 13.5. The second-order valence-corrected chi connectivity index (χ2v) is 6.33. The van der Waals surface area contributed by atoms with E-state index in [-0.39, 0.29) is 5.56 Å². The van der Waals surface area contributed by atoms with E-state index in [4.69, 9.17) is 0 Å². The van der Waals surface area contributed by atoms with Crippen LogP contribution in [0, 0.1) is 11.7 Å². The first kappa shape index (κ1) is 15.7. The number of hydrogen-bond donors (Lipinski definition) is 1. The summed E-state index contributed by atoms with van der Waals surface area (Å²) in [4.78, 5) is 17.0. The van der Waals surface area contributed by atoms with Gasteiger partial charge in [0.15, 0.2) is 11.6 Å². The van der Waals surface area contributed by atoms with E-state index in [0.29, 0.717) is 17.0 Å². The zero-order valence-electron chi connectivity index (χ0n) is 13.3. The fourth-order valence-electron chi connectivity index (χ4n) is 3.29. The highest BCUT2D eigenvalue weighted by molar-refractivity contribution is 5.62. The lowest BCUT2D eigenvalue weighted by molar-refractivity contribution is 0.347. The van der Waals surface area contributed by atoms with Crippen LogP contribution in [0.2, 0.25) is 0 Å². The van der Waals surface area contributed by atoms with Gasteiger partial charge in [-0.15, -0.1) is 0 Å². The molecule has 1 heterocycles. The van der Waals surface area contributed by atoms with Crippen molar-refractivity contribution >= 4 is 0 Å². The molecule has 1 aromatic heterocycles. The summed E-state index contributed by atoms with van der Waals surface area (Å²) >= 11 is 0. The van der Waals surface area contributed by atoms with E-state index in [1.54, 1.807) is 11.6 Å². The van der Waals surface area contributed by atoms with E-state index in [1.165, 1.54) is 50.4 Å². The molecule has 0 radical (unpaired) electrons. The molecule has 1 aromatic carbocycles. The molecule has 1 saturated carbocycles. The first-order chi connectivity index (χ1) is 11.1. The minimum absolute atomic E-state index is 0.184. The van der Waals surface area contributed by atoms with E-state index >= 15 is 0 Å². The third-order valence-electron chi connectivity index (χ3n) is 4.72. The van der Waals surface area contributed by atoms with Gasteiger partial charge >= 0.3 is 0 Å². The molecule has 4 nitrogen and oxygen atoms in total. The molecule has 122 valence electrons. The first-order valence-electron chi connectivity index (χ1n) is 8.10. The van der Waals surface area contributed by atoms with Crippen molar-refractivity contribution in [2.75, 3.05) is 0 Å². The van der Waals surface area contributed by atoms with Gasteiger partial charge < -0.3 is 5.11 Å². The maximum Gasteiger partial charge on any atom is 0.261 e. The van der Waals surface area contributed by atoms with E-state index in [1.807, 2.05) is 0 Å². The quantitative estimate of drug-likeness (QED) is 0.944. The highest BCUT2D eigenvalue weighted by Gasteiger charge is 2.17. The fourth-order valence-corrected chi connectivity index (χ4v) is 3.29. The van der Waals surface area contributed by atoms with Crippen LogP contribution in [-0.4, -0.2) is 14.7 Å². The van der Waals surface area contributed by atoms with E-state index < -0.39 is 11.6 Å². The molecule has 0 atom stereocenters. The SMILES string of the molecule is Cn1c(CC2CCCCC2)ncc(-c2ccc(O)c(F)c2)c1=O. The maximum atomic E-state index is 13.5.